The van der Waals surface area contributed by atoms with Gasteiger partial charge in [0, 0.05) is 41.7 Å². The van der Waals surface area contributed by atoms with Crippen molar-refractivity contribution in [2.24, 2.45) is 0 Å². The zero-order chi connectivity index (χ0) is 23.9. The molecule has 0 saturated heterocycles. The molecule has 0 aliphatic heterocycles. The van der Waals surface area contributed by atoms with Crippen molar-refractivity contribution in [3.63, 3.8) is 0 Å². The van der Waals surface area contributed by atoms with E-state index in [0.717, 1.165) is 17.2 Å². The molecule has 4 aromatic rings. The lowest BCUT2D eigenvalue weighted by molar-refractivity contribution is -0.384. The maximum absolute atomic E-state index is 12.3. The summed E-state index contributed by atoms with van der Waals surface area (Å²) in [4.78, 5) is 39.3. The molecule has 2 amide bonds. The second-order valence-corrected chi connectivity index (χ2v) is 7.33. The number of nitrogens with one attached hydrogen (secondary N) is 2. The predicted octanol–water partition coefficient (Wildman–Crippen LogP) is 4.31. The molecule has 0 unspecified atom stereocenters. The molecule has 3 aromatic carbocycles. The van der Waals surface area contributed by atoms with Crippen LogP contribution in [0.25, 0.3) is 22.6 Å². The summed E-state index contributed by atoms with van der Waals surface area (Å²) in [5, 5.41) is 10.9. The highest BCUT2D eigenvalue weighted by atomic mass is 16.6. The SMILES string of the molecule is O=C(CCc1nc(-c2ccccc2)c(-c2ccccc2)o1)NNC(=O)c1cccc([N+](=O)[O-])c1. The van der Waals surface area contributed by atoms with Gasteiger partial charge in [-0.15, -0.1) is 0 Å². The van der Waals surface area contributed by atoms with Crippen molar-refractivity contribution >= 4 is 17.5 Å². The zero-order valence-electron chi connectivity index (χ0n) is 17.9. The second-order valence-electron chi connectivity index (χ2n) is 7.33. The number of amides is 2. The third-order valence-corrected chi connectivity index (χ3v) is 4.96. The number of benzene rings is 3. The lowest BCUT2D eigenvalue weighted by Gasteiger charge is -2.06. The number of hydrazine groups is 1. The topological polar surface area (TPSA) is 127 Å². The Bertz CT molecular complexity index is 1260. The van der Waals surface area contributed by atoms with Crippen molar-refractivity contribution in [2.75, 3.05) is 0 Å². The van der Waals surface area contributed by atoms with E-state index in [-0.39, 0.29) is 24.1 Å². The van der Waals surface area contributed by atoms with Crippen molar-refractivity contribution < 1.29 is 18.9 Å². The Hall–Kier alpha value is -4.79. The van der Waals surface area contributed by atoms with Gasteiger partial charge < -0.3 is 4.42 Å². The standard InChI is InChI=1S/C25H20N4O5/c30-21(27-28-25(31)19-12-7-13-20(16-19)29(32)33)14-15-22-26-23(17-8-3-1-4-9-17)24(34-22)18-10-5-2-6-11-18/h1-13,16H,14-15H2,(H,27,30)(H,28,31). The number of oxazole rings is 1. The largest absolute Gasteiger partial charge is 0.440 e. The second kappa shape index (κ2) is 10.2. The number of nitro benzene ring substituents is 1. The summed E-state index contributed by atoms with van der Waals surface area (Å²) in [6.45, 7) is 0. The first-order valence-electron chi connectivity index (χ1n) is 10.5. The van der Waals surface area contributed by atoms with Gasteiger partial charge in [0.1, 0.15) is 5.69 Å². The molecular weight excluding hydrogens is 436 g/mol. The molecule has 0 atom stereocenters. The van der Waals surface area contributed by atoms with Gasteiger partial charge >= 0.3 is 0 Å². The molecule has 2 N–H and O–H groups in total. The van der Waals surface area contributed by atoms with Gasteiger partial charge in [-0.25, -0.2) is 4.98 Å². The monoisotopic (exact) mass is 456 g/mol. The molecule has 170 valence electrons. The van der Waals surface area contributed by atoms with Crippen LogP contribution in [0.5, 0.6) is 0 Å². The molecule has 1 aromatic heterocycles. The molecule has 34 heavy (non-hydrogen) atoms. The quantitative estimate of drug-likeness (QED) is 0.315. The normalized spacial score (nSPS) is 10.5. The van der Waals surface area contributed by atoms with Crippen LogP contribution in [0.15, 0.2) is 89.3 Å². The van der Waals surface area contributed by atoms with Crippen LogP contribution in [-0.4, -0.2) is 21.7 Å². The van der Waals surface area contributed by atoms with E-state index in [1.165, 1.54) is 18.2 Å². The number of carbonyl (C=O) groups is 2. The number of carbonyl (C=O) groups excluding carboxylic acids is 2. The summed E-state index contributed by atoms with van der Waals surface area (Å²) >= 11 is 0. The zero-order valence-corrected chi connectivity index (χ0v) is 17.9. The molecule has 0 radical (unpaired) electrons. The van der Waals surface area contributed by atoms with Gasteiger partial charge in [0.15, 0.2) is 11.7 Å². The highest BCUT2D eigenvalue weighted by molar-refractivity contribution is 5.95. The fraction of sp³-hybridized carbons (Fsp3) is 0.0800. The first kappa shape index (κ1) is 22.4. The fourth-order valence-electron chi connectivity index (χ4n) is 3.29. The van der Waals surface area contributed by atoms with E-state index in [0.29, 0.717) is 17.3 Å². The average molecular weight is 456 g/mol. The highest BCUT2D eigenvalue weighted by Crippen LogP contribution is 2.32. The van der Waals surface area contributed by atoms with E-state index in [4.69, 9.17) is 4.42 Å². The van der Waals surface area contributed by atoms with Gasteiger partial charge in [-0.05, 0) is 6.07 Å². The van der Waals surface area contributed by atoms with Crippen molar-refractivity contribution in [1.82, 2.24) is 15.8 Å². The summed E-state index contributed by atoms with van der Waals surface area (Å²) in [6.07, 6.45) is 0.226. The Morgan fingerprint density at radius 1 is 0.882 bits per heavy atom. The molecule has 0 aliphatic rings. The van der Waals surface area contributed by atoms with E-state index in [1.807, 2.05) is 60.7 Å². The maximum atomic E-state index is 12.3. The maximum Gasteiger partial charge on any atom is 0.270 e. The molecule has 0 spiro atoms. The molecule has 9 heteroatoms. The number of aryl methyl sites for hydroxylation is 1. The summed E-state index contributed by atoms with van der Waals surface area (Å²) in [7, 11) is 0. The number of nitro groups is 1. The lowest BCUT2D eigenvalue weighted by atomic mass is 10.1. The third kappa shape index (κ3) is 5.33. The van der Waals surface area contributed by atoms with Gasteiger partial charge in [0.25, 0.3) is 11.6 Å². The predicted molar refractivity (Wildman–Crippen MR) is 124 cm³/mol. The first-order chi connectivity index (χ1) is 16.5. The van der Waals surface area contributed by atoms with Crippen molar-refractivity contribution in [1.29, 1.82) is 0 Å². The van der Waals surface area contributed by atoms with Crippen molar-refractivity contribution in [3.8, 4) is 22.6 Å². The molecule has 9 nitrogen and oxygen atoms in total. The minimum atomic E-state index is -0.661. The highest BCUT2D eigenvalue weighted by Gasteiger charge is 2.18. The van der Waals surface area contributed by atoms with Crippen molar-refractivity contribution in [2.45, 2.75) is 12.8 Å². The minimum absolute atomic E-state index is 0.0121. The van der Waals surface area contributed by atoms with Crippen LogP contribution < -0.4 is 10.9 Å². The van der Waals surface area contributed by atoms with Gasteiger partial charge in [-0.2, -0.15) is 0 Å². The summed E-state index contributed by atoms with van der Waals surface area (Å²) in [5.41, 5.74) is 6.85. The number of non-ortho nitro benzene ring substituents is 1. The van der Waals surface area contributed by atoms with E-state index < -0.39 is 16.7 Å². The molecular formula is C25H20N4O5. The molecule has 0 fully saturated rings. The van der Waals surface area contributed by atoms with Crippen LogP contribution in [0.1, 0.15) is 22.7 Å². The lowest BCUT2D eigenvalue weighted by Crippen LogP contribution is -2.41. The van der Waals surface area contributed by atoms with E-state index in [1.54, 1.807) is 0 Å². The fourth-order valence-corrected chi connectivity index (χ4v) is 3.29. The van der Waals surface area contributed by atoms with Crippen LogP contribution in [-0.2, 0) is 11.2 Å². The average Bonchev–Trinajstić information content (AvgIpc) is 3.31. The summed E-state index contributed by atoms with van der Waals surface area (Å²) < 4.78 is 5.99. The van der Waals surface area contributed by atoms with E-state index >= 15 is 0 Å². The van der Waals surface area contributed by atoms with Crippen LogP contribution in [0, 0.1) is 10.1 Å². The number of nitrogens with zero attached hydrogens (tertiary/aromatic N) is 2. The molecule has 0 aliphatic carbocycles. The van der Waals surface area contributed by atoms with Crippen molar-refractivity contribution in [3.05, 3.63) is 106 Å². The molecule has 0 saturated carbocycles. The smallest absolute Gasteiger partial charge is 0.270 e. The van der Waals surface area contributed by atoms with Gasteiger partial charge in [0.05, 0.1) is 4.92 Å². The molecule has 1 heterocycles. The third-order valence-electron chi connectivity index (χ3n) is 4.96. The molecule has 0 bridgehead atoms. The number of hydrogen-bond acceptors (Lipinski definition) is 6. The van der Waals surface area contributed by atoms with Crippen LogP contribution in [0.3, 0.4) is 0 Å². The van der Waals surface area contributed by atoms with Gasteiger partial charge in [-0.1, -0.05) is 66.7 Å². The van der Waals surface area contributed by atoms with Crippen LogP contribution in [0.4, 0.5) is 5.69 Å². The summed E-state index contributed by atoms with van der Waals surface area (Å²) in [6, 6.07) is 24.4. The number of aromatic nitrogens is 1. The first-order valence-corrected chi connectivity index (χ1v) is 10.5. The number of rotatable bonds is 7. The Morgan fingerprint density at radius 3 is 2.24 bits per heavy atom. The Morgan fingerprint density at radius 2 is 1.56 bits per heavy atom. The van der Waals surface area contributed by atoms with E-state index in [9.17, 15) is 19.7 Å². The Balaban J connectivity index is 1.41. The van der Waals surface area contributed by atoms with Crippen LogP contribution >= 0.6 is 0 Å². The number of hydrogen-bond donors (Lipinski definition) is 2. The molecule has 4 rings (SSSR count). The Labute approximate surface area is 194 Å². The van der Waals surface area contributed by atoms with Gasteiger partial charge in [0.2, 0.25) is 5.91 Å². The van der Waals surface area contributed by atoms with Gasteiger partial charge in [-0.3, -0.25) is 30.6 Å². The van der Waals surface area contributed by atoms with Crippen LogP contribution in [0.2, 0.25) is 0 Å². The Kier molecular flexibility index (Phi) is 6.73. The van der Waals surface area contributed by atoms with E-state index in [2.05, 4.69) is 15.8 Å². The minimum Gasteiger partial charge on any atom is -0.440 e. The summed E-state index contributed by atoms with van der Waals surface area (Å²) in [5.74, 6) is -0.121.